The highest BCUT2D eigenvalue weighted by Crippen LogP contribution is 2.30. The van der Waals surface area contributed by atoms with E-state index in [4.69, 9.17) is 10.8 Å². The van der Waals surface area contributed by atoms with Crippen LogP contribution in [0.4, 0.5) is 0 Å². The monoisotopic (exact) mass is 303 g/mol. The van der Waals surface area contributed by atoms with Gasteiger partial charge in [0.05, 0.1) is 0 Å². The van der Waals surface area contributed by atoms with Gasteiger partial charge in [-0.15, -0.1) is 11.8 Å². The fourth-order valence-electron chi connectivity index (χ4n) is 1.29. The summed E-state index contributed by atoms with van der Waals surface area (Å²) in [6.45, 7) is 4.26. The molecule has 0 saturated heterocycles. The van der Waals surface area contributed by atoms with Crippen molar-refractivity contribution in [2.24, 2.45) is 11.7 Å². The number of nitrogens with two attached hydrogens (primary N) is 1. The molecule has 1 rings (SSSR count). The SMILES string of the molecule is CC(CO)CSc1ccc(Br)cc1C(C)N. The van der Waals surface area contributed by atoms with Gasteiger partial charge in [-0.3, -0.25) is 0 Å². The van der Waals surface area contributed by atoms with Crippen molar-refractivity contribution in [1.82, 2.24) is 0 Å². The fourth-order valence-corrected chi connectivity index (χ4v) is 2.82. The van der Waals surface area contributed by atoms with E-state index < -0.39 is 0 Å². The van der Waals surface area contributed by atoms with Gasteiger partial charge < -0.3 is 10.8 Å². The van der Waals surface area contributed by atoms with Crippen molar-refractivity contribution in [2.45, 2.75) is 24.8 Å². The van der Waals surface area contributed by atoms with Crippen LogP contribution in [-0.4, -0.2) is 17.5 Å². The number of hydrogen-bond acceptors (Lipinski definition) is 3. The van der Waals surface area contributed by atoms with Crippen molar-refractivity contribution in [2.75, 3.05) is 12.4 Å². The van der Waals surface area contributed by atoms with Gasteiger partial charge in [0.25, 0.3) is 0 Å². The zero-order chi connectivity index (χ0) is 12.1. The largest absolute Gasteiger partial charge is 0.396 e. The van der Waals surface area contributed by atoms with Gasteiger partial charge in [0, 0.05) is 27.8 Å². The molecule has 4 heteroatoms. The topological polar surface area (TPSA) is 46.2 Å². The predicted octanol–water partition coefficient (Wildman–Crippen LogP) is 3.19. The van der Waals surface area contributed by atoms with Gasteiger partial charge in [0.1, 0.15) is 0 Å². The normalized spacial score (nSPS) is 14.8. The van der Waals surface area contributed by atoms with Gasteiger partial charge in [-0.2, -0.15) is 0 Å². The van der Waals surface area contributed by atoms with Crippen molar-refractivity contribution < 1.29 is 5.11 Å². The first-order chi connectivity index (χ1) is 7.54. The Labute approximate surface area is 110 Å². The van der Waals surface area contributed by atoms with E-state index in [1.807, 2.05) is 19.9 Å². The third kappa shape index (κ3) is 4.09. The first-order valence-electron chi connectivity index (χ1n) is 5.33. The first kappa shape index (κ1) is 14.0. The van der Waals surface area contributed by atoms with Crippen molar-refractivity contribution in [1.29, 1.82) is 0 Å². The molecule has 1 aromatic carbocycles. The maximum absolute atomic E-state index is 8.99. The average molecular weight is 304 g/mol. The number of halogens is 1. The lowest BCUT2D eigenvalue weighted by Gasteiger charge is -2.14. The Morgan fingerprint density at radius 2 is 2.12 bits per heavy atom. The van der Waals surface area contributed by atoms with E-state index in [9.17, 15) is 0 Å². The number of aliphatic hydroxyl groups is 1. The molecule has 90 valence electrons. The van der Waals surface area contributed by atoms with E-state index in [0.717, 1.165) is 15.8 Å². The molecule has 0 saturated carbocycles. The minimum absolute atomic E-state index is 0.0319. The molecule has 0 fully saturated rings. The van der Waals surface area contributed by atoms with E-state index in [2.05, 4.69) is 28.1 Å². The Bertz CT molecular complexity index is 344. The Morgan fingerprint density at radius 3 is 2.69 bits per heavy atom. The van der Waals surface area contributed by atoms with E-state index in [-0.39, 0.29) is 12.6 Å². The minimum Gasteiger partial charge on any atom is -0.396 e. The Morgan fingerprint density at radius 1 is 1.44 bits per heavy atom. The second-order valence-corrected chi connectivity index (χ2v) is 6.05. The maximum atomic E-state index is 8.99. The second kappa shape index (κ2) is 6.64. The summed E-state index contributed by atoms with van der Waals surface area (Å²) in [5.41, 5.74) is 7.10. The molecule has 0 aliphatic rings. The number of thioether (sulfide) groups is 1. The van der Waals surface area contributed by atoms with Crippen LogP contribution in [0.15, 0.2) is 27.6 Å². The fraction of sp³-hybridized carbons (Fsp3) is 0.500. The van der Waals surface area contributed by atoms with Crippen LogP contribution in [0.2, 0.25) is 0 Å². The van der Waals surface area contributed by atoms with Crippen molar-refractivity contribution in [3.63, 3.8) is 0 Å². The van der Waals surface area contributed by atoms with Crippen LogP contribution >= 0.6 is 27.7 Å². The van der Waals surface area contributed by atoms with Crippen LogP contribution in [0.5, 0.6) is 0 Å². The zero-order valence-electron chi connectivity index (χ0n) is 9.61. The Balaban J connectivity index is 2.78. The van der Waals surface area contributed by atoms with Gasteiger partial charge in [-0.05, 0) is 36.6 Å². The highest BCUT2D eigenvalue weighted by molar-refractivity contribution is 9.10. The van der Waals surface area contributed by atoms with E-state index in [1.54, 1.807) is 11.8 Å². The molecule has 0 aliphatic heterocycles. The van der Waals surface area contributed by atoms with Crippen LogP contribution in [0, 0.1) is 5.92 Å². The Hall–Kier alpha value is -0.0300. The molecule has 3 N–H and O–H groups in total. The molecule has 1 aromatic rings. The second-order valence-electron chi connectivity index (χ2n) is 4.07. The van der Waals surface area contributed by atoms with Crippen molar-refractivity contribution in [3.05, 3.63) is 28.2 Å². The number of aliphatic hydroxyl groups excluding tert-OH is 1. The lowest BCUT2D eigenvalue weighted by Crippen LogP contribution is -2.08. The number of rotatable bonds is 5. The minimum atomic E-state index is 0.0319. The molecule has 0 spiro atoms. The summed E-state index contributed by atoms with van der Waals surface area (Å²) in [4.78, 5) is 1.21. The molecule has 16 heavy (non-hydrogen) atoms. The summed E-state index contributed by atoms with van der Waals surface area (Å²) in [7, 11) is 0. The summed E-state index contributed by atoms with van der Waals surface area (Å²) in [6, 6.07) is 6.20. The summed E-state index contributed by atoms with van der Waals surface area (Å²) in [5, 5.41) is 8.99. The van der Waals surface area contributed by atoms with Gasteiger partial charge in [0.15, 0.2) is 0 Å². The average Bonchev–Trinajstić information content (AvgIpc) is 2.26. The maximum Gasteiger partial charge on any atom is 0.0464 e. The van der Waals surface area contributed by atoms with Crippen LogP contribution in [0.1, 0.15) is 25.5 Å². The first-order valence-corrected chi connectivity index (χ1v) is 7.11. The lowest BCUT2D eigenvalue weighted by molar-refractivity contribution is 0.250. The van der Waals surface area contributed by atoms with Gasteiger partial charge in [-0.1, -0.05) is 22.9 Å². The molecule has 2 atom stereocenters. The summed E-state index contributed by atoms with van der Waals surface area (Å²) in [5.74, 6) is 1.23. The quantitative estimate of drug-likeness (QED) is 0.821. The van der Waals surface area contributed by atoms with E-state index >= 15 is 0 Å². The van der Waals surface area contributed by atoms with Gasteiger partial charge in [0.2, 0.25) is 0 Å². The smallest absolute Gasteiger partial charge is 0.0464 e. The molecule has 2 nitrogen and oxygen atoms in total. The molecule has 2 unspecified atom stereocenters. The molecule has 0 heterocycles. The summed E-state index contributed by atoms with van der Waals surface area (Å²) < 4.78 is 1.05. The summed E-state index contributed by atoms with van der Waals surface area (Å²) in [6.07, 6.45) is 0. The van der Waals surface area contributed by atoms with Crippen LogP contribution in [0.3, 0.4) is 0 Å². The lowest BCUT2D eigenvalue weighted by atomic mass is 10.1. The molecule has 0 bridgehead atoms. The molecule has 0 amide bonds. The van der Waals surface area contributed by atoms with Crippen LogP contribution in [0.25, 0.3) is 0 Å². The zero-order valence-corrected chi connectivity index (χ0v) is 12.0. The molecule has 0 aliphatic carbocycles. The molecular formula is C12H18BrNOS. The Kier molecular flexibility index (Phi) is 5.83. The van der Waals surface area contributed by atoms with E-state index in [1.165, 1.54) is 4.90 Å². The summed E-state index contributed by atoms with van der Waals surface area (Å²) >= 11 is 5.21. The number of benzene rings is 1. The molecule has 0 radical (unpaired) electrons. The third-order valence-corrected chi connectivity index (χ3v) is 4.21. The number of hydrogen-bond donors (Lipinski definition) is 2. The van der Waals surface area contributed by atoms with Crippen molar-refractivity contribution in [3.8, 4) is 0 Å². The van der Waals surface area contributed by atoms with Crippen LogP contribution < -0.4 is 5.73 Å². The standard InChI is InChI=1S/C12H18BrNOS/c1-8(6-15)7-16-12-4-3-10(13)5-11(12)9(2)14/h3-5,8-9,15H,6-7,14H2,1-2H3. The predicted molar refractivity (Wildman–Crippen MR) is 73.7 cm³/mol. The van der Waals surface area contributed by atoms with Gasteiger partial charge >= 0.3 is 0 Å². The van der Waals surface area contributed by atoms with Gasteiger partial charge in [-0.25, -0.2) is 0 Å². The highest BCUT2D eigenvalue weighted by atomic mass is 79.9. The highest BCUT2D eigenvalue weighted by Gasteiger charge is 2.09. The van der Waals surface area contributed by atoms with Crippen molar-refractivity contribution >= 4 is 27.7 Å². The van der Waals surface area contributed by atoms with Crippen LogP contribution in [-0.2, 0) is 0 Å². The van der Waals surface area contributed by atoms with E-state index in [0.29, 0.717) is 5.92 Å². The molecule has 0 aromatic heterocycles. The third-order valence-electron chi connectivity index (χ3n) is 2.30. The molecular weight excluding hydrogens is 286 g/mol.